The smallest absolute Gasteiger partial charge is 0.372 e. The van der Waals surface area contributed by atoms with Gasteiger partial charge < -0.3 is 10.1 Å². The molecule has 0 aromatic heterocycles. The lowest BCUT2D eigenvalue weighted by Gasteiger charge is -2.30. The highest BCUT2D eigenvalue weighted by Gasteiger charge is 2.41. The van der Waals surface area contributed by atoms with Gasteiger partial charge in [-0.1, -0.05) is 20.8 Å². The molecule has 1 atom stereocenters. The fourth-order valence-corrected chi connectivity index (χ4v) is 2.36. The molecule has 1 aliphatic rings. The van der Waals surface area contributed by atoms with E-state index < -0.39 is 12.8 Å². The lowest BCUT2D eigenvalue weighted by Crippen LogP contribution is -2.36. The summed E-state index contributed by atoms with van der Waals surface area (Å²) < 4.78 is 40.7. The Balaban J connectivity index is 2.27. The molecule has 1 unspecified atom stereocenters. The number of rotatable bonds is 9. The lowest BCUT2D eigenvalue weighted by atomic mass is 9.81. The van der Waals surface area contributed by atoms with Crippen molar-refractivity contribution in [1.29, 1.82) is 0 Å². The SMILES string of the molecule is CC(C)CNCC(C)(CCOCC(F)(F)F)C1CC1. The molecule has 5 heteroatoms. The van der Waals surface area contributed by atoms with Gasteiger partial charge in [0.15, 0.2) is 0 Å². The molecule has 0 aromatic rings. The maximum Gasteiger partial charge on any atom is 0.411 e. The zero-order valence-corrected chi connectivity index (χ0v) is 12.1. The number of nitrogens with one attached hydrogen (secondary N) is 1. The van der Waals surface area contributed by atoms with Crippen molar-refractivity contribution in [1.82, 2.24) is 5.32 Å². The normalized spacial score (nSPS) is 19.7. The van der Waals surface area contributed by atoms with E-state index in [1.54, 1.807) is 0 Å². The topological polar surface area (TPSA) is 21.3 Å². The van der Waals surface area contributed by atoms with Crippen LogP contribution >= 0.6 is 0 Å². The summed E-state index contributed by atoms with van der Waals surface area (Å²) >= 11 is 0. The first-order valence-corrected chi connectivity index (χ1v) is 7.08. The van der Waals surface area contributed by atoms with E-state index in [1.807, 2.05) is 0 Å². The molecule has 1 rings (SSSR count). The standard InChI is InChI=1S/C14H26F3NO/c1-11(2)8-18-9-13(3,12-4-5-12)6-7-19-10-14(15,16)17/h11-12,18H,4-10H2,1-3H3. The third-order valence-electron chi connectivity index (χ3n) is 3.73. The van der Waals surface area contributed by atoms with Gasteiger partial charge in [0.2, 0.25) is 0 Å². The van der Waals surface area contributed by atoms with Crippen LogP contribution in [0.3, 0.4) is 0 Å². The molecule has 1 N–H and O–H groups in total. The van der Waals surface area contributed by atoms with E-state index in [2.05, 4.69) is 26.1 Å². The Labute approximate surface area is 114 Å². The minimum absolute atomic E-state index is 0.0699. The molecule has 0 amide bonds. The van der Waals surface area contributed by atoms with Crippen LogP contribution in [0.2, 0.25) is 0 Å². The van der Waals surface area contributed by atoms with Crippen molar-refractivity contribution in [2.45, 2.75) is 46.2 Å². The molecule has 0 spiro atoms. The summed E-state index contributed by atoms with van der Waals surface area (Å²) in [4.78, 5) is 0. The van der Waals surface area contributed by atoms with Gasteiger partial charge in [0.05, 0.1) is 0 Å². The highest BCUT2D eigenvalue weighted by Crippen LogP contribution is 2.47. The van der Waals surface area contributed by atoms with Gasteiger partial charge in [0, 0.05) is 13.2 Å². The van der Waals surface area contributed by atoms with Gasteiger partial charge in [-0.15, -0.1) is 0 Å². The molecular formula is C14H26F3NO. The molecule has 1 saturated carbocycles. The molecule has 0 radical (unpaired) electrons. The van der Waals surface area contributed by atoms with Crippen LogP contribution in [0, 0.1) is 17.3 Å². The lowest BCUT2D eigenvalue weighted by molar-refractivity contribution is -0.175. The molecule has 2 nitrogen and oxygen atoms in total. The summed E-state index contributed by atoms with van der Waals surface area (Å²) in [6.45, 7) is 7.33. The first kappa shape index (κ1) is 16.8. The van der Waals surface area contributed by atoms with Crippen molar-refractivity contribution < 1.29 is 17.9 Å². The maximum absolute atomic E-state index is 12.0. The Morgan fingerprint density at radius 2 is 1.89 bits per heavy atom. The molecule has 0 bridgehead atoms. The largest absolute Gasteiger partial charge is 0.411 e. The van der Waals surface area contributed by atoms with Crippen LogP contribution < -0.4 is 5.32 Å². The monoisotopic (exact) mass is 281 g/mol. The Hall–Kier alpha value is -0.290. The van der Waals surface area contributed by atoms with Crippen LogP contribution in [0.5, 0.6) is 0 Å². The van der Waals surface area contributed by atoms with E-state index in [-0.39, 0.29) is 12.0 Å². The van der Waals surface area contributed by atoms with E-state index in [1.165, 1.54) is 12.8 Å². The van der Waals surface area contributed by atoms with E-state index in [0.29, 0.717) is 18.3 Å². The fraction of sp³-hybridized carbons (Fsp3) is 1.00. The summed E-state index contributed by atoms with van der Waals surface area (Å²) in [7, 11) is 0. The van der Waals surface area contributed by atoms with Crippen molar-refractivity contribution in [3.63, 3.8) is 0 Å². The van der Waals surface area contributed by atoms with Gasteiger partial charge in [0.25, 0.3) is 0 Å². The summed E-state index contributed by atoms with van der Waals surface area (Å²) in [6.07, 6.45) is -1.14. The van der Waals surface area contributed by atoms with E-state index in [4.69, 9.17) is 4.74 Å². The third kappa shape index (κ3) is 7.16. The Kier molecular flexibility index (Phi) is 6.12. The summed E-state index contributed by atoms with van der Waals surface area (Å²) in [5.41, 5.74) is 0.0699. The number of alkyl halides is 3. The average Bonchev–Trinajstić information content (AvgIpc) is 3.06. The molecule has 0 aromatic carbocycles. The van der Waals surface area contributed by atoms with Crippen molar-refractivity contribution >= 4 is 0 Å². The summed E-state index contributed by atoms with van der Waals surface area (Å²) in [6, 6.07) is 0. The van der Waals surface area contributed by atoms with Crippen molar-refractivity contribution in [3.05, 3.63) is 0 Å². The summed E-state index contributed by atoms with van der Waals surface area (Å²) in [5.74, 6) is 1.23. The zero-order valence-electron chi connectivity index (χ0n) is 12.1. The Bertz CT molecular complexity index is 264. The minimum Gasteiger partial charge on any atom is -0.372 e. The molecule has 0 heterocycles. The highest BCUT2D eigenvalue weighted by atomic mass is 19.4. The molecule has 0 saturated heterocycles. The Morgan fingerprint density at radius 3 is 2.37 bits per heavy atom. The predicted octanol–water partition coefficient (Wildman–Crippen LogP) is 3.62. The van der Waals surface area contributed by atoms with Gasteiger partial charge in [-0.05, 0) is 43.1 Å². The van der Waals surface area contributed by atoms with Crippen molar-refractivity contribution in [2.24, 2.45) is 17.3 Å². The van der Waals surface area contributed by atoms with Gasteiger partial charge >= 0.3 is 6.18 Å². The minimum atomic E-state index is -4.22. The number of ether oxygens (including phenoxy) is 1. The van der Waals surface area contributed by atoms with Gasteiger partial charge in [0.1, 0.15) is 6.61 Å². The zero-order chi connectivity index (χ0) is 14.5. The first-order valence-electron chi connectivity index (χ1n) is 7.08. The van der Waals surface area contributed by atoms with E-state index in [9.17, 15) is 13.2 Å². The Morgan fingerprint density at radius 1 is 1.26 bits per heavy atom. The van der Waals surface area contributed by atoms with Crippen LogP contribution in [0.4, 0.5) is 13.2 Å². The molecule has 0 aliphatic heterocycles. The van der Waals surface area contributed by atoms with Crippen LogP contribution in [0.1, 0.15) is 40.0 Å². The van der Waals surface area contributed by atoms with E-state index in [0.717, 1.165) is 13.1 Å². The molecular weight excluding hydrogens is 255 g/mol. The van der Waals surface area contributed by atoms with Crippen LogP contribution in [-0.2, 0) is 4.74 Å². The molecule has 1 aliphatic carbocycles. The average molecular weight is 281 g/mol. The summed E-state index contributed by atoms with van der Waals surface area (Å²) in [5, 5.41) is 3.43. The second-order valence-electron chi connectivity index (χ2n) is 6.37. The van der Waals surface area contributed by atoms with Crippen molar-refractivity contribution in [3.8, 4) is 0 Å². The number of hydrogen-bond acceptors (Lipinski definition) is 2. The predicted molar refractivity (Wildman–Crippen MR) is 70.0 cm³/mol. The molecule has 114 valence electrons. The highest BCUT2D eigenvalue weighted by molar-refractivity contribution is 4.92. The molecule has 19 heavy (non-hydrogen) atoms. The van der Waals surface area contributed by atoms with E-state index >= 15 is 0 Å². The van der Waals surface area contributed by atoms with Crippen molar-refractivity contribution in [2.75, 3.05) is 26.3 Å². The third-order valence-corrected chi connectivity index (χ3v) is 3.73. The van der Waals surface area contributed by atoms with Gasteiger partial charge in [-0.25, -0.2) is 0 Å². The quantitative estimate of drug-likeness (QED) is 0.652. The van der Waals surface area contributed by atoms with Crippen LogP contribution in [0.25, 0.3) is 0 Å². The van der Waals surface area contributed by atoms with Gasteiger partial charge in [-0.3, -0.25) is 0 Å². The van der Waals surface area contributed by atoms with Crippen LogP contribution in [0.15, 0.2) is 0 Å². The fourth-order valence-electron chi connectivity index (χ4n) is 2.36. The number of hydrogen-bond donors (Lipinski definition) is 1. The second kappa shape index (κ2) is 6.93. The number of halogens is 3. The maximum atomic E-state index is 12.0. The second-order valence-corrected chi connectivity index (χ2v) is 6.37. The van der Waals surface area contributed by atoms with Crippen LogP contribution in [-0.4, -0.2) is 32.5 Å². The first-order chi connectivity index (χ1) is 8.73. The molecule has 1 fully saturated rings. The van der Waals surface area contributed by atoms with Gasteiger partial charge in [-0.2, -0.15) is 13.2 Å².